The van der Waals surface area contributed by atoms with Crippen LogP contribution < -0.4 is 10.4 Å². The molecule has 0 bridgehead atoms. The monoisotopic (exact) mass is 268 g/mol. The van der Waals surface area contributed by atoms with Gasteiger partial charge in [-0.15, -0.1) is 0 Å². The van der Waals surface area contributed by atoms with Crippen molar-refractivity contribution in [2.45, 2.75) is 18.9 Å². The van der Waals surface area contributed by atoms with Gasteiger partial charge in [0, 0.05) is 19.9 Å². The lowest BCUT2D eigenvalue weighted by Gasteiger charge is -2.28. The van der Waals surface area contributed by atoms with Gasteiger partial charge in [-0.3, -0.25) is 9.47 Å². The number of ether oxygens (including phenoxy) is 1. The van der Waals surface area contributed by atoms with E-state index in [-0.39, 0.29) is 6.04 Å². The summed E-state index contributed by atoms with van der Waals surface area (Å²) < 4.78 is 6.58. The van der Waals surface area contributed by atoms with Crippen molar-refractivity contribution in [2.75, 3.05) is 25.3 Å². The second-order valence-electron chi connectivity index (χ2n) is 4.49. The van der Waals surface area contributed by atoms with Crippen LogP contribution >= 0.6 is 0 Å². The maximum atomic E-state index is 11.5. The first-order valence-corrected chi connectivity index (χ1v) is 5.99. The number of aromatic hydroxyl groups is 1. The van der Waals surface area contributed by atoms with Gasteiger partial charge in [0.15, 0.2) is 5.75 Å². The van der Waals surface area contributed by atoms with Crippen LogP contribution in [0.4, 0.5) is 0 Å². The van der Waals surface area contributed by atoms with Crippen LogP contribution in [0.2, 0.25) is 0 Å². The fourth-order valence-corrected chi connectivity index (χ4v) is 2.34. The Morgan fingerprint density at radius 2 is 2.26 bits per heavy atom. The van der Waals surface area contributed by atoms with Crippen LogP contribution in [-0.2, 0) is 4.74 Å². The fourth-order valence-electron chi connectivity index (χ4n) is 2.34. The topological polar surface area (TPSA) is 92.0 Å². The van der Waals surface area contributed by atoms with Crippen molar-refractivity contribution in [3.05, 3.63) is 28.2 Å². The number of carbonyl (C=O) groups is 1. The quantitative estimate of drug-likeness (QED) is 0.798. The molecule has 0 aromatic carbocycles. The second kappa shape index (κ2) is 5.31. The lowest BCUT2D eigenvalue weighted by atomic mass is 10.2. The number of pyridine rings is 1. The SMILES string of the molecule is COC[C@@H]1CCCN1n1cc(O)c(=O)c(C(=O)O)c1. The average Bonchev–Trinajstić information content (AvgIpc) is 2.81. The van der Waals surface area contributed by atoms with Crippen LogP contribution in [-0.4, -0.2) is 47.2 Å². The number of aromatic nitrogens is 1. The number of hydrogen-bond acceptors (Lipinski definition) is 5. The highest BCUT2D eigenvalue weighted by molar-refractivity contribution is 5.87. The largest absolute Gasteiger partial charge is 0.503 e. The van der Waals surface area contributed by atoms with Gasteiger partial charge in [-0.1, -0.05) is 0 Å². The summed E-state index contributed by atoms with van der Waals surface area (Å²) in [5, 5.41) is 20.4. The van der Waals surface area contributed by atoms with Crippen molar-refractivity contribution in [2.24, 2.45) is 0 Å². The molecule has 0 spiro atoms. The highest BCUT2D eigenvalue weighted by Crippen LogP contribution is 2.17. The number of carboxylic acids is 1. The summed E-state index contributed by atoms with van der Waals surface area (Å²) >= 11 is 0. The predicted molar refractivity (Wildman–Crippen MR) is 67.3 cm³/mol. The van der Waals surface area contributed by atoms with Crippen LogP contribution in [0.1, 0.15) is 23.2 Å². The number of methoxy groups -OCH3 is 1. The van der Waals surface area contributed by atoms with E-state index in [9.17, 15) is 14.7 Å². The normalized spacial score (nSPS) is 18.8. The van der Waals surface area contributed by atoms with Gasteiger partial charge in [0.2, 0.25) is 5.43 Å². The third-order valence-corrected chi connectivity index (χ3v) is 3.23. The van der Waals surface area contributed by atoms with Crippen molar-refractivity contribution in [1.29, 1.82) is 0 Å². The third kappa shape index (κ3) is 2.55. The minimum atomic E-state index is -1.35. The zero-order valence-corrected chi connectivity index (χ0v) is 10.6. The summed E-state index contributed by atoms with van der Waals surface area (Å²) in [6, 6.07) is 0.105. The van der Waals surface area contributed by atoms with E-state index in [1.165, 1.54) is 17.1 Å². The number of rotatable bonds is 4. The zero-order valence-electron chi connectivity index (χ0n) is 10.6. The lowest BCUT2D eigenvalue weighted by molar-refractivity contribution is 0.0693. The van der Waals surface area contributed by atoms with E-state index in [2.05, 4.69) is 0 Å². The highest BCUT2D eigenvalue weighted by atomic mass is 16.5. The molecule has 2 N–H and O–H groups in total. The molecule has 19 heavy (non-hydrogen) atoms. The highest BCUT2D eigenvalue weighted by Gasteiger charge is 2.26. The number of carboxylic acid groups (broad SMARTS) is 1. The molecule has 1 saturated heterocycles. The molecule has 0 saturated carbocycles. The first-order valence-electron chi connectivity index (χ1n) is 5.99. The molecule has 0 unspecified atom stereocenters. The first kappa shape index (κ1) is 13.4. The minimum Gasteiger partial charge on any atom is -0.503 e. The molecule has 2 rings (SSSR count). The third-order valence-electron chi connectivity index (χ3n) is 3.23. The van der Waals surface area contributed by atoms with Crippen LogP contribution in [0.15, 0.2) is 17.2 Å². The van der Waals surface area contributed by atoms with Crippen molar-refractivity contribution >= 4 is 5.97 Å². The number of aromatic carboxylic acids is 1. The molecule has 7 nitrogen and oxygen atoms in total. The maximum Gasteiger partial charge on any atom is 0.341 e. The summed E-state index contributed by atoms with van der Waals surface area (Å²) in [6.07, 6.45) is 4.34. The van der Waals surface area contributed by atoms with Gasteiger partial charge in [0.05, 0.1) is 18.8 Å². The second-order valence-corrected chi connectivity index (χ2v) is 4.49. The van der Waals surface area contributed by atoms with Crippen molar-refractivity contribution in [3.8, 4) is 5.75 Å². The van der Waals surface area contributed by atoms with E-state index >= 15 is 0 Å². The summed E-state index contributed by atoms with van der Waals surface area (Å²) in [7, 11) is 1.60. The van der Waals surface area contributed by atoms with Gasteiger partial charge < -0.3 is 20.0 Å². The van der Waals surface area contributed by atoms with E-state index in [1.807, 2.05) is 5.01 Å². The summed E-state index contributed by atoms with van der Waals surface area (Å²) in [6.45, 7) is 1.23. The standard InChI is InChI=1S/C12H16N2O5/c1-19-7-8-3-2-4-14(8)13-5-9(12(17)18)11(16)10(15)6-13/h5-6,8,15H,2-4,7H2,1H3,(H,17,18)/t8-/m0/s1. The smallest absolute Gasteiger partial charge is 0.341 e. The molecule has 1 aromatic heterocycles. The van der Waals surface area contributed by atoms with Crippen molar-refractivity contribution in [3.63, 3.8) is 0 Å². The summed E-state index contributed by atoms with van der Waals surface area (Å²) in [4.78, 5) is 22.5. The molecule has 0 amide bonds. The Balaban J connectivity index is 2.40. The van der Waals surface area contributed by atoms with E-state index in [1.54, 1.807) is 7.11 Å². The molecule has 1 atom stereocenters. The molecule has 2 heterocycles. The molecule has 104 valence electrons. The van der Waals surface area contributed by atoms with Crippen LogP contribution in [0.25, 0.3) is 0 Å². The first-order chi connectivity index (χ1) is 9.04. The fraction of sp³-hybridized carbons (Fsp3) is 0.500. The van der Waals surface area contributed by atoms with Gasteiger partial charge in [0.1, 0.15) is 5.56 Å². The Labute approximate surface area is 109 Å². The molecule has 1 aliphatic heterocycles. The minimum absolute atomic E-state index is 0.105. The Bertz CT molecular complexity index is 539. The molecule has 7 heteroatoms. The van der Waals surface area contributed by atoms with Crippen molar-refractivity contribution in [1.82, 2.24) is 4.68 Å². The van der Waals surface area contributed by atoms with Gasteiger partial charge in [-0.2, -0.15) is 0 Å². The molecular formula is C12H16N2O5. The predicted octanol–water partition coefficient (Wildman–Crippen LogP) is -0.00110. The molecule has 0 radical (unpaired) electrons. The van der Waals surface area contributed by atoms with Crippen LogP contribution in [0.5, 0.6) is 5.75 Å². The lowest BCUT2D eigenvalue weighted by Crippen LogP contribution is -2.42. The Hall–Kier alpha value is -2.02. The summed E-state index contributed by atoms with van der Waals surface area (Å²) in [5.41, 5.74) is -1.31. The van der Waals surface area contributed by atoms with Gasteiger partial charge in [-0.25, -0.2) is 4.79 Å². The molecule has 1 aromatic rings. The number of nitrogens with zero attached hydrogens (tertiary/aromatic N) is 2. The van der Waals surface area contributed by atoms with E-state index in [0.29, 0.717) is 6.61 Å². The van der Waals surface area contributed by atoms with Gasteiger partial charge in [-0.05, 0) is 12.8 Å². The number of hydrogen-bond donors (Lipinski definition) is 2. The Morgan fingerprint density at radius 3 is 2.89 bits per heavy atom. The average molecular weight is 268 g/mol. The molecule has 1 aliphatic rings. The van der Waals surface area contributed by atoms with E-state index in [4.69, 9.17) is 9.84 Å². The van der Waals surface area contributed by atoms with Gasteiger partial charge >= 0.3 is 5.97 Å². The maximum absolute atomic E-state index is 11.5. The van der Waals surface area contributed by atoms with E-state index < -0.39 is 22.7 Å². The zero-order chi connectivity index (χ0) is 14.0. The Morgan fingerprint density at radius 1 is 1.53 bits per heavy atom. The van der Waals surface area contributed by atoms with Gasteiger partial charge in [0.25, 0.3) is 0 Å². The van der Waals surface area contributed by atoms with E-state index in [0.717, 1.165) is 19.4 Å². The molecular weight excluding hydrogens is 252 g/mol. The van der Waals surface area contributed by atoms with Crippen molar-refractivity contribution < 1.29 is 19.7 Å². The molecule has 0 aliphatic carbocycles. The van der Waals surface area contributed by atoms with Crippen LogP contribution in [0.3, 0.4) is 0 Å². The Kier molecular flexibility index (Phi) is 3.75. The summed E-state index contributed by atoms with van der Waals surface area (Å²) in [5.74, 6) is -1.92. The molecule has 1 fully saturated rings. The van der Waals surface area contributed by atoms with Crippen LogP contribution in [0, 0.1) is 0 Å².